The average molecular weight is 275 g/mol. The molecule has 1 saturated carbocycles. The van der Waals surface area contributed by atoms with Crippen LogP contribution in [0.25, 0.3) is 0 Å². The Morgan fingerprint density at radius 2 is 1.90 bits per heavy atom. The number of hydrogen-bond acceptors (Lipinski definition) is 2. The zero-order chi connectivity index (χ0) is 14.7. The van der Waals surface area contributed by atoms with Crippen LogP contribution in [0.4, 0.5) is 0 Å². The second kappa shape index (κ2) is 6.07. The van der Waals surface area contributed by atoms with E-state index in [1.54, 1.807) is 0 Å². The first kappa shape index (κ1) is 14.6. The van der Waals surface area contributed by atoms with Gasteiger partial charge in [-0.1, -0.05) is 24.3 Å². The molecule has 108 valence electrons. The number of carbonyl (C=O) groups excluding carboxylic acids is 1. The minimum Gasteiger partial charge on any atom is -0.481 e. The third-order valence-corrected chi connectivity index (χ3v) is 4.17. The number of nitrogens with one attached hydrogen (secondary N) is 1. The molecule has 0 radical (unpaired) electrons. The first-order chi connectivity index (χ1) is 9.49. The lowest BCUT2D eigenvalue weighted by Gasteiger charge is -2.19. The molecule has 0 bridgehead atoms. The van der Waals surface area contributed by atoms with Crippen LogP contribution < -0.4 is 5.32 Å². The van der Waals surface area contributed by atoms with Crippen LogP contribution in [0, 0.1) is 18.8 Å². The largest absolute Gasteiger partial charge is 0.481 e. The molecule has 0 spiro atoms. The van der Waals surface area contributed by atoms with Gasteiger partial charge in [0, 0.05) is 5.92 Å². The lowest BCUT2D eigenvalue weighted by atomic mass is 10.0. The van der Waals surface area contributed by atoms with E-state index in [0.717, 1.165) is 11.1 Å². The monoisotopic (exact) mass is 275 g/mol. The maximum absolute atomic E-state index is 12.2. The summed E-state index contributed by atoms with van der Waals surface area (Å²) in [5.41, 5.74) is 2.25. The third kappa shape index (κ3) is 3.18. The number of aryl methyl sites for hydroxylation is 1. The van der Waals surface area contributed by atoms with E-state index in [2.05, 4.69) is 5.32 Å². The van der Waals surface area contributed by atoms with E-state index in [0.29, 0.717) is 19.3 Å². The van der Waals surface area contributed by atoms with Gasteiger partial charge in [0.2, 0.25) is 5.91 Å². The van der Waals surface area contributed by atoms with Gasteiger partial charge in [0.15, 0.2) is 0 Å². The number of rotatable bonds is 4. The van der Waals surface area contributed by atoms with Gasteiger partial charge in [0.1, 0.15) is 0 Å². The molecule has 1 fully saturated rings. The van der Waals surface area contributed by atoms with Crippen molar-refractivity contribution in [2.75, 3.05) is 0 Å². The van der Waals surface area contributed by atoms with Gasteiger partial charge < -0.3 is 10.4 Å². The molecule has 1 amide bonds. The van der Waals surface area contributed by atoms with Crippen LogP contribution in [-0.4, -0.2) is 17.0 Å². The van der Waals surface area contributed by atoms with Crippen molar-refractivity contribution in [1.82, 2.24) is 5.32 Å². The fraction of sp³-hybridized carbons (Fsp3) is 0.500. The smallest absolute Gasteiger partial charge is 0.306 e. The van der Waals surface area contributed by atoms with E-state index in [-0.39, 0.29) is 23.8 Å². The third-order valence-electron chi connectivity index (χ3n) is 4.17. The molecular weight excluding hydrogens is 254 g/mol. The molecule has 2 N–H and O–H groups in total. The molecule has 20 heavy (non-hydrogen) atoms. The second-order valence-electron chi connectivity index (χ2n) is 5.63. The van der Waals surface area contributed by atoms with Crippen LogP contribution in [0.15, 0.2) is 24.3 Å². The molecule has 1 aromatic carbocycles. The van der Waals surface area contributed by atoms with Gasteiger partial charge in [0.25, 0.3) is 0 Å². The van der Waals surface area contributed by atoms with Crippen LogP contribution in [0.2, 0.25) is 0 Å². The van der Waals surface area contributed by atoms with Crippen molar-refractivity contribution < 1.29 is 14.7 Å². The van der Waals surface area contributed by atoms with Gasteiger partial charge in [-0.25, -0.2) is 0 Å². The Bertz CT molecular complexity index is 512. The highest BCUT2D eigenvalue weighted by molar-refractivity contribution is 5.81. The number of carbonyl (C=O) groups is 2. The Hall–Kier alpha value is -1.84. The predicted octanol–water partition coefficient (Wildman–Crippen LogP) is 2.67. The number of carboxylic acid groups (broad SMARTS) is 1. The summed E-state index contributed by atoms with van der Waals surface area (Å²) in [6, 6.07) is 7.92. The molecule has 1 aromatic rings. The van der Waals surface area contributed by atoms with E-state index >= 15 is 0 Å². The molecule has 0 aliphatic heterocycles. The van der Waals surface area contributed by atoms with E-state index in [9.17, 15) is 9.59 Å². The first-order valence-corrected chi connectivity index (χ1v) is 7.07. The van der Waals surface area contributed by atoms with Crippen LogP contribution in [-0.2, 0) is 9.59 Å². The van der Waals surface area contributed by atoms with E-state index in [1.807, 2.05) is 38.1 Å². The fourth-order valence-electron chi connectivity index (χ4n) is 2.93. The zero-order valence-corrected chi connectivity index (χ0v) is 11.9. The van der Waals surface area contributed by atoms with Crippen molar-refractivity contribution in [1.29, 1.82) is 0 Å². The summed E-state index contributed by atoms with van der Waals surface area (Å²) in [7, 11) is 0. The van der Waals surface area contributed by atoms with Gasteiger partial charge in [-0.2, -0.15) is 0 Å². The minimum atomic E-state index is -0.785. The normalized spacial score (nSPS) is 23.3. The topological polar surface area (TPSA) is 66.4 Å². The molecule has 0 aromatic heterocycles. The van der Waals surface area contributed by atoms with Crippen LogP contribution in [0.3, 0.4) is 0 Å². The van der Waals surface area contributed by atoms with Crippen molar-refractivity contribution in [3.8, 4) is 0 Å². The Labute approximate surface area is 119 Å². The number of benzene rings is 1. The zero-order valence-electron chi connectivity index (χ0n) is 11.9. The summed E-state index contributed by atoms with van der Waals surface area (Å²) in [5, 5.41) is 12.0. The van der Waals surface area contributed by atoms with Crippen molar-refractivity contribution in [2.24, 2.45) is 11.8 Å². The van der Waals surface area contributed by atoms with Crippen molar-refractivity contribution >= 4 is 11.9 Å². The molecule has 2 rings (SSSR count). The highest BCUT2D eigenvalue weighted by atomic mass is 16.4. The summed E-state index contributed by atoms with van der Waals surface area (Å²) in [5.74, 6) is -1.33. The van der Waals surface area contributed by atoms with Gasteiger partial charge in [0.05, 0.1) is 12.0 Å². The number of amides is 1. The molecule has 2 unspecified atom stereocenters. The molecule has 0 heterocycles. The van der Waals surface area contributed by atoms with Crippen molar-refractivity contribution in [2.45, 2.75) is 39.2 Å². The van der Waals surface area contributed by atoms with E-state index in [1.165, 1.54) is 0 Å². The Morgan fingerprint density at radius 3 is 2.50 bits per heavy atom. The number of hydrogen-bond donors (Lipinski definition) is 2. The minimum absolute atomic E-state index is 0.0236. The van der Waals surface area contributed by atoms with Crippen molar-refractivity contribution in [3.05, 3.63) is 35.4 Å². The molecule has 1 aliphatic rings. The van der Waals surface area contributed by atoms with Gasteiger partial charge in [-0.3, -0.25) is 9.59 Å². The summed E-state index contributed by atoms with van der Waals surface area (Å²) in [6.07, 6.45) is 1.73. The molecule has 4 heteroatoms. The summed E-state index contributed by atoms with van der Waals surface area (Å²) < 4.78 is 0. The molecule has 0 saturated heterocycles. The van der Waals surface area contributed by atoms with E-state index in [4.69, 9.17) is 5.11 Å². The van der Waals surface area contributed by atoms with E-state index < -0.39 is 5.97 Å². The molecular formula is C16H21NO3. The van der Waals surface area contributed by atoms with Crippen LogP contribution >= 0.6 is 0 Å². The van der Waals surface area contributed by atoms with Gasteiger partial charge in [-0.05, 0) is 44.2 Å². The SMILES string of the molecule is Cc1ccccc1[C@@H](C)NC(=O)C1CCC(C(=O)O)C1. The van der Waals surface area contributed by atoms with Gasteiger partial charge in [-0.15, -0.1) is 0 Å². The summed E-state index contributed by atoms with van der Waals surface area (Å²) >= 11 is 0. The predicted molar refractivity (Wildman–Crippen MR) is 76.2 cm³/mol. The Morgan fingerprint density at radius 1 is 1.25 bits per heavy atom. The number of carboxylic acids is 1. The second-order valence-corrected chi connectivity index (χ2v) is 5.63. The summed E-state index contributed by atoms with van der Waals surface area (Å²) in [4.78, 5) is 23.1. The van der Waals surface area contributed by atoms with Crippen molar-refractivity contribution in [3.63, 3.8) is 0 Å². The lowest BCUT2D eigenvalue weighted by Crippen LogP contribution is -2.32. The van der Waals surface area contributed by atoms with Gasteiger partial charge >= 0.3 is 5.97 Å². The van der Waals surface area contributed by atoms with Crippen LogP contribution in [0.1, 0.15) is 43.4 Å². The molecule has 3 atom stereocenters. The Balaban J connectivity index is 1.95. The van der Waals surface area contributed by atoms with Crippen LogP contribution in [0.5, 0.6) is 0 Å². The number of aliphatic carboxylic acids is 1. The quantitative estimate of drug-likeness (QED) is 0.887. The standard InChI is InChI=1S/C16H21NO3/c1-10-5-3-4-6-14(10)11(2)17-15(18)12-7-8-13(9-12)16(19)20/h3-6,11-13H,7-9H2,1-2H3,(H,17,18)(H,19,20)/t11-,12?,13?/m1/s1. The maximum Gasteiger partial charge on any atom is 0.306 e. The average Bonchev–Trinajstić information content (AvgIpc) is 2.88. The lowest BCUT2D eigenvalue weighted by molar-refractivity contribution is -0.141. The fourth-order valence-corrected chi connectivity index (χ4v) is 2.93. The summed E-state index contributed by atoms with van der Waals surface area (Å²) in [6.45, 7) is 3.98. The molecule has 4 nitrogen and oxygen atoms in total. The maximum atomic E-state index is 12.2. The Kier molecular flexibility index (Phi) is 4.42. The highest BCUT2D eigenvalue weighted by Gasteiger charge is 2.34. The highest BCUT2D eigenvalue weighted by Crippen LogP contribution is 2.31. The molecule has 1 aliphatic carbocycles. The first-order valence-electron chi connectivity index (χ1n) is 7.07.